The molecule has 0 bridgehead atoms. The van der Waals surface area contributed by atoms with Crippen molar-refractivity contribution in [3.8, 4) is 5.75 Å². The summed E-state index contributed by atoms with van der Waals surface area (Å²) in [5.41, 5.74) is 0.987. The van der Waals surface area contributed by atoms with Gasteiger partial charge in [-0.15, -0.1) is 5.92 Å². The van der Waals surface area contributed by atoms with Crippen molar-refractivity contribution in [1.29, 1.82) is 0 Å². The number of methoxy groups -OCH3 is 1. The number of amides is 1. The van der Waals surface area contributed by atoms with Gasteiger partial charge in [-0.1, -0.05) is 12.1 Å². The van der Waals surface area contributed by atoms with E-state index in [0.29, 0.717) is 13.1 Å². The van der Waals surface area contributed by atoms with Gasteiger partial charge in [-0.25, -0.2) is 0 Å². The van der Waals surface area contributed by atoms with E-state index in [1.54, 1.807) is 18.9 Å². The van der Waals surface area contributed by atoms with Gasteiger partial charge < -0.3 is 21.3 Å². The zero-order valence-electron chi connectivity index (χ0n) is 13.1. The van der Waals surface area contributed by atoms with Crippen molar-refractivity contribution in [3.05, 3.63) is 36.8 Å². The third-order valence-electron chi connectivity index (χ3n) is 3.58. The average Bonchev–Trinajstić information content (AvgIpc) is 2.84. The number of hydrogen-bond acceptors (Lipinski definition) is 4. The Morgan fingerprint density at radius 1 is 1.39 bits per heavy atom. The molecule has 0 aliphatic carbocycles. The van der Waals surface area contributed by atoms with Crippen LogP contribution in [-0.2, 0) is 39.1 Å². The minimum absolute atomic E-state index is 0.204. The van der Waals surface area contributed by atoms with Crippen molar-refractivity contribution in [2.75, 3.05) is 20.3 Å². The van der Waals surface area contributed by atoms with Gasteiger partial charge in [0.2, 0.25) is 5.91 Å². The van der Waals surface area contributed by atoms with Gasteiger partial charge in [-0.3, -0.25) is 9.59 Å². The number of rotatable bonds is 5. The van der Waals surface area contributed by atoms with Gasteiger partial charge in [0.15, 0.2) is 0 Å². The Bertz CT molecular complexity index is 523. The molecule has 0 radical (unpaired) electrons. The molecule has 1 aromatic rings. The molecule has 1 amide bonds. The second kappa shape index (κ2) is 9.92. The first kappa shape index (κ1) is 20.0. The predicted octanol–water partition coefficient (Wildman–Crippen LogP) is 2.35. The number of carbonyl (C=O) groups is 2. The Balaban J connectivity index is 0.00000127. The van der Waals surface area contributed by atoms with E-state index in [2.05, 4.69) is 34.6 Å². The molecule has 5 nitrogen and oxygen atoms in total. The number of benzene rings is 1. The minimum atomic E-state index is -0.775. The van der Waals surface area contributed by atoms with Crippen molar-refractivity contribution in [1.82, 2.24) is 4.90 Å². The molecule has 2 unspecified atom stereocenters. The van der Waals surface area contributed by atoms with Gasteiger partial charge >= 0.3 is 33.7 Å². The summed E-state index contributed by atoms with van der Waals surface area (Å²) < 4.78 is 10.1. The van der Waals surface area contributed by atoms with Crippen LogP contribution in [0.15, 0.2) is 24.3 Å². The van der Waals surface area contributed by atoms with Crippen molar-refractivity contribution >= 4 is 21.4 Å². The molecule has 1 aromatic carbocycles. The zero-order valence-corrected chi connectivity index (χ0v) is 15.4. The molecule has 0 N–H and O–H groups in total. The predicted molar refractivity (Wildman–Crippen MR) is 83.2 cm³/mol. The Labute approximate surface area is 151 Å². The maximum atomic E-state index is 12.3. The quantitative estimate of drug-likeness (QED) is 0.310. The van der Waals surface area contributed by atoms with Crippen LogP contribution in [0.4, 0.5) is 0 Å². The summed E-state index contributed by atoms with van der Waals surface area (Å²) in [7, 11) is 6.10. The fraction of sp³-hybridized carbons (Fsp3) is 0.438. The number of halogens is 1. The molecule has 7 heteroatoms. The van der Waals surface area contributed by atoms with Crippen LogP contribution in [0.3, 0.4) is 0 Å². The van der Waals surface area contributed by atoms with Gasteiger partial charge in [-0.2, -0.15) is 0 Å². The molecule has 0 aromatic heterocycles. The van der Waals surface area contributed by atoms with Crippen LogP contribution in [0, 0.1) is 18.8 Å². The Kier molecular flexibility index (Phi) is 8.61. The van der Waals surface area contributed by atoms with Gasteiger partial charge in [0.25, 0.3) is 0 Å². The fourth-order valence-corrected chi connectivity index (χ4v) is 2.50. The van der Waals surface area contributed by atoms with Crippen LogP contribution in [-0.4, -0.2) is 37.0 Å². The van der Waals surface area contributed by atoms with Gasteiger partial charge in [0.05, 0.1) is 13.7 Å². The van der Waals surface area contributed by atoms with E-state index < -0.39 is 11.9 Å². The molecule has 1 heterocycles. The van der Waals surface area contributed by atoms with Crippen LogP contribution in [0.1, 0.15) is 12.5 Å². The molecule has 1 aliphatic rings. The molecule has 0 saturated carbocycles. The van der Waals surface area contributed by atoms with Crippen LogP contribution in [0.5, 0.6) is 5.75 Å². The summed E-state index contributed by atoms with van der Waals surface area (Å²) in [6, 6.07) is 7.50. The van der Waals surface area contributed by atoms with Crippen LogP contribution < -0.4 is 4.74 Å². The zero-order chi connectivity index (χ0) is 17.4. The van der Waals surface area contributed by atoms with E-state index in [-0.39, 0.29) is 18.4 Å². The van der Waals surface area contributed by atoms with Gasteiger partial charge in [-0.05, 0) is 31.2 Å². The summed E-state index contributed by atoms with van der Waals surface area (Å²) in [6.45, 7) is 6.84. The monoisotopic (exact) mass is 431 g/mol. The van der Waals surface area contributed by atoms with Crippen LogP contribution in [0.25, 0.3) is 0 Å². The van der Waals surface area contributed by atoms with Crippen molar-refractivity contribution in [2.24, 2.45) is 11.8 Å². The topological polar surface area (TPSA) is 55.8 Å². The van der Waals surface area contributed by atoms with Gasteiger partial charge in [0, 0.05) is 6.54 Å². The summed E-state index contributed by atoms with van der Waals surface area (Å²) in [5.74, 6) is -0.951. The van der Waals surface area contributed by atoms with E-state index in [1.165, 1.54) is 0 Å². The Morgan fingerprint density at radius 3 is 2.52 bits per heavy atom. The van der Waals surface area contributed by atoms with E-state index in [1.807, 2.05) is 24.3 Å². The molecule has 0 spiro atoms. The van der Waals surface area contributed by atoms with Gasteiger partial charge in [0.1, 0.15) is 11.7 Å². The summed E-state index contributed by atoms with van der Waals surface area (Å²) in [6.07, 6.45) is 0. The third kappa shape index (κ3) is 5.20. The molecule has 1 fully saturated rings. The molecule has 1 aliphatic heterocycles. The van der Waals surface area contributed by atoms with Crippen molar-refractivity contribution in [3.63, 3.8) is 0 Å². The molecule has 1 saturated heterocycles. The summed E-state index contributed by atoms with van der Waals surface area (Å²) in [4.78, 5) is 25.8. The molecule has 130 valence electrons. The molecule has 23 heavy (non-hydrogen) atoms. The second-order valence-corrected chi connectivity index (χ2v) is 5.06. The Hall–Kier alpha value is -1.09. The summed E-state index contributed by atoms with van der Waals surface area (Å²) in [5, 5.41) is 0. The fourth-order valence-electron chi connectivity index (χ4n) is 2.50. The second-order valence-electron chi connectivity index (χ2n) is 5.06. The van der Waals surface area contributed by atoms with Crippen molar-refractivity contribution < 1.29 is 37.2 Å². The number of nitrogens with zero attached hydrogens (tertiary/aromatic N) is 1. The number of hydrogen-bond donors (Lipinski definition) is 0. The number of ether oxygens (including phenoxy) is 2. The standard InChI is InChI=1S/C16H20NO4.ClH.Pd/c1-4-21-16(19)14-11(2)9-17(15(14)18)10-12-5-7-13(20-3)8-6-12;;/h5-8,11,14H,2,4,9-10H2,1,3H3;1H;/q-1;;+2/p-1. The molecular weight excluding hydrogens is 412 g/mol. The van der Waals surface area contributed by atoms with E-state index >= 15 is 0 Å². The maximum absolute atomic E-state index is 12.3. The van der Waals surface area contributed by atoms with E-state index in [9.17, 15) is 9.59 Å². The molecule has 2 rings (SSSR count). The van der Waals surface area contributed by atoms with Crippen molar-refractivity contribution in [2.45, 2.75) is 13.5 Å². The van der Waals surface area contributed by atoms with Crippen LogP contribution >= 0.6 is 9.53 Å². The number of likely N-dealkylation sites (tertiary alicyclic amines) is 1. The molecular formula is C16H20ClNO4Pd. The van der Waals surface area contributed by atoms with E-state index in [0.717, 1.165) is 11.3 Å². The first-order valence-electron chi connectivity index (χ1n) is 7.10. The summed E-state index contributed by atoms with van der Waals surface area (Å²) >= 11 is 2.22. The van der Waals surface area contributed by atoms with E-state index in [4.69, 9.17) is 9.47 Å². The number of carbonyl (C=O) groups excluding carboxylic acids is 2. The Morgan fingerprint density at radius 2 is 2.00 bits per heavy atom. The third-order valence-corrected chi connectivity index (χ3v) is 3.58. The number of esters is 1. The average molecular weight is 432 g/mol. The van der Waals surface area contributed by atoms with Crippen LogP contribution in [0.2, 0.25) is 0 Å². The molecule has 2 atom stereocenters. The first-order valence-corrected chi connectivity index (χ1v) is 9.10. The first-order chi connectivity index (χ1) is 11.1. The SMILES string of the molecule is [CH2-]C1CN(Cc2ccc(OC)cc2)C(=O)C1C(=O)OCC.[Cl][Pd+]. The normalized spacial score (nSPS) is 19.9.